The first kappa shape index (κ1) is 34.7. The topological polar surface area (TPSA) is 19.7 Å². The van der Waals surface area contributed by atoms with Crippen LogP contribution >= 0.6 is 0 Å². The van der Waals surface area contributed by atoms with Crippen molar-refractivity contribution < 1.29 is 0 Å². The molecule has 12 rings (SSSR count). The van der Waals surface area contributed by atoms with Crippen molar-refractivity contribution in [1.29, 1.82) is 0 Å². The summed E-state index contributed by atoms with van der Waals surface area (Å²) in [6.45, 7) is 8.55. The first-order chi connectivity index (χ1) is 27.4. The van der Waals surface area contributed by atoms with Gasteiger partial charge < -0.3 is 18.3 Å². The average molecular weight is 725 g/mol. The van der Waals surface area contributed by atoms with Crippen LogP contribution in [0.3, 0.4) is 0 Å². The van der Waals surface area contributed by atoms with Gasteiger partial charge in [0.2, 0.25) is 0 Å². The van der Waals surface area contributed by atoms with Crippen molar-refractivity contribution in [2.45, 2.75) is 27.7 Å². The quantitative estimate of drug-likeness (QED) is 0.172. The molecular formula is C52H44N4. The van der Waals surface area contributed by atoms with Crippen LogP contribution in [0.2, 0.25) is 0 Å². The van der Waals surface area contributed by atoms with Gasteiger partial charge in [-0.1, -0.05) is 82.9 Å². The van der Waals surface area contributed by atoms with Crippen LogP contribution < -0.4 is 0 Å². The zero-order chi connectivity index (χ0) is 38.2. The summed E-state index contributed by atoms with van der Waals surface area (Å²) in [7, 11) is 0. The Kier molecular flexibility index (Phi) is 9.08. The van der Waals surface area contributed by atoms with Gasteiger partial charge in [-0.2, -0.15) is 0 Å². The van der Waals surface area contributed by atoms with E-state index in [-0.39, 0.29) is 0 Å². The molecule has 8 aromatic carbocycles. The van der Waals surface area contributed by atoms with Gasteiger partial charge in [-0.15, -0.1) is 0 Å². The van der Waals surface area contributed by atoms with Crippen molar-refractivity contribution in [3.63, 3.8) is 0 Å². The number of rotatable bonds is 4. The molecule has 4 heterocycles. The van der Waals surface area contributed by atoms with Gasteiger partial charge in [-0.05, 0) is 161 Å². The molecule has 272 valence electrons. The molecule has 0 aliphatic rings. The van der Waals surface area contributed by atoms with Gasteiger partial charge in [-0.25, -0.2) is 0 Å². The minimum Gasteiger partial charge on any atom is -0.310 e. The summed E-state index contributed by atoms with van der Waals surface area (Å²) in [5, 5.41) is 0. The van der Waals surface area contributed by atoms with Gasteiger partial charge in [0.25, 0.3) is 0 Å². The molecule has 0 aliphatic carbocycles. The molecule has 0 saturated heterocycles. The maximum atomic E-state index is 2.35. The Morgan fingerprint density at radius 3 is 0.607 bits per heavy atom. The predicted molar refractivity (Wildman–Crippen MR) is 237 cm³/mol. The van der Waals surface area contributed by atoms with Crippen molar-refractivity contribution in [1.82, 2.24) is 18.3 Å². The number of benzene rings is 8. The predicted octanol–water partition coefficient (Wildman–Crippen LogP) is 13.5. The lowest BCUT2D eigenvalue weighted by Gasteiger charge is -2.17. The van der Waals surface area contributed by atoms with Gasteiger partial charge in [0.15, 0.2) is 0 Å². The summed E-state index contributed by atoms with van der Waals surface area (Å²) < 4.78 is 9.40. The number of nitrogens with zero attached hydrogens (tertiary/aromatic N) is 4. The summed E-state index contributed by atoms with van der Waals surface area (Å²) in [5.41, 5.74) is 17.9. The van der Waals surface area contributed by atoms with Crippen LogP contribution in [-0.2, 0) is 0 Å². The largest absolute Gasteiger partial charge is 0.310 e. The minimum absolute atomic E-state index is 1.07. The zero-order valence-corrected chi connectivity index (χ0v) is 32.3. The third-order valence-electron chi connectivity index (χ3n) is 10.6. The standard InChI is InChI=1S/C52H44N4/c1-37-11-19-41(20-12-37)53-45-27-29-46(30-28-45)55(43-23-15-39(3)16-24-43)51-9-6-10-52(36-51)56(44-25-17-40(4)18-26-44)48-33-31-47(32-34-48)54(42-21-13-38(2)14-22-42)50-8-5-7-49(53)35-50/h5-36H,1-4H3. The van der Waals surface area contributed by atoms with Crippen LogP contribution in [-0.4, -0.2) is 18.3 Å². The molecule has 8 bridgehead atoms. The van der Waals surface area contributed by atoms with Gasteiger partial charge in [0.1, 0.15) is 0 Å². The molecule has 56 heavy (non-hydrogen) atoms. The number of hydrogen-bond donors (Lipinski definition) is 0. The Balaban J connectivity index is 1.48. The molecule has 0 saturated carbocycles. The Morgan fingerprint density at radius 1 is 0.214 bits per heavy atom. The van der Waals surface area contributed by atoms with Crippen molar-refractivity contribution >= 4 is 44.1 Å². The van der Waals surface area contributed by atoms with E-state index in [1.165, 1.54) is 22.3 Å². The van der Waals surface area contributed by atoms with Crippen molar-refractivity contribution in [3.8, 4) is 22.7 Å². The normalized spacial score (nSPS) is 11.2. The van der Waals surface area contributed by atoms with E-state index in [4.69, 9.17) is 0 Å². The van der Waals surface area contributed by atoms with E-state index >= 15 is 0 Å². The van der Waals surface area contributed by atoms with Gasteiger partial charge in [-0.3, -0.25) is 0 Å². The highest BCUT2D eigenvalue weighted by atomic mass is 15.0. The summed E-state index contributed by atoms with van der Waals surface area (Å²) >= 11 is 0. The molecule has 0 spiro atoms. The monoisotopic (exact) mass is 724 g/mol. The molecule has 0 N–H and O–H groups in total. The van der Waals surface area contributed by atoms with Crippen LogP contribution in [0, 0.1) is 27.7 Å². The van der Waals surface area contributed by atoms with E-state index in [0.29, 0.717) is 0 Å². The molecule has 0 amide bonds. The fraction of sp³-hybridized carbons (Fsp3) is 0.0769. The summed E-state index contributed by atoms with van der Waals surface area (Å²) in [6, 6.07) is 70.8. The molecule has 12 aromatic rings. The first-order valence-electron chi connectivity index (χ1n) is 19.3. The maximum Gasteiger partial charge on any atom is 0.0482 e. The second-order valence-electron chi connectivity index (χ2n) is 14.8. The van der Waals surface area contributed by atoms with E-state index in [0.717, 1.165) is 66.9 Å². The van der Waals surface area contributed by atoms with E-state index in [9.17, 15) is 0 Å². The average Bonchev–Trinajstić information content (AvgIpc) is 3.22. The van der Waals surface area contributed by atoms with E-state index in [1.807, 2.05) is 0 Å². The van der Waals surface area contributed by atoms with E-state index in [1.54, 1.807) is 0 Å². The van der Waals surface area contributed by atoms with Crippen LogP contribution in [0.1, 0.15) is 22.3 Å². The van der Waals surface area contributed by atoms with Gasteiger partial charge >= 0.3 is 0 Å². The number of aryl methyl sites for hydroxylation is 4. The third kappa shape index (κ3) is 6.78. The number of aromatic nitrogens is 4. The minimum atomic E-state index is 1.07. The second kappa shape index (κ2) is 14.7. The Hall–Kier alpha value is -7.04. The highest BCUT2D eigenvalue weighted by molar-refractivity contribution is 5.77. The molecule has 0 unspecified atom stereocenters. The van der Waals surface area contributed by atoms with Crippen LogP contribution in [0.5, 0.6) is 0 Å². The Bertz CT molecular complexity index is 2570. The molecule has 0 atom stereocenters. The zero-order valence-electron chi connectivity index (χ0n) is 32.3. The van der Waals surface area contributed by atoms with Crippen molar-refractivity contribution in [3.05, 3.63) is 216 Å². The SMILES string of the molecule is Cc1ccc(-n2c3ccc(cc3)n(-c3ccc(C)cc3)c3cccc(c3)n(-c3ccc(C)cc3)c3ccc(cc3)n(-c3ccc(C)cc3)c3cccc2c3)cc1. The molecule has 0 fully saturated rings. The fourth-order valence-electron chi connectivity index (χ4n) is 7.61. The molecular weight excluding hydrogens is 681 g/mol. The fourth-order valence-corrected chi connectivity index (χ4v) is 7.61. The molecule has 0 radical (unpaired) electrons. The summed E-state index contributed by atoms with van der Waals surface area (Å²) in [4.78, 5) is 0. The summed E-state index contributed by atoms with van der Waals surface area (Å²) in [5.74, 6) is 0. The molecule has 4 nitrogen and oxygen atoms in total. The van der Waals surface area contributed by atoms with Crippen molar-refractivity contribution in [2.24, 2.45) is 0 Å². The van der Waals surface area contributed by atoms with E-state index < -0.39 is 0 Å². The van der Waals surface area contributed by atoms with Crippen LogP contribution in [0.15, 0.2) is 194 Å². The second-order valence-corrected chi connectivity index (χ2v) is 14.8. The maximum absolute atomic E-state index is 2.35. The molecule has 4 aromatic heterocycles. The lowest BCUT2D eigenvalue weighted by Crippen LogP contribution is -2.01. The van der Waals surface area contributed by atoms with Gasteiger partial charge in [0.05, 0.1) is 0 Å². The lowest BCUT2D eigenvalue weighted by atomic mass is 10.1. The third-order valence-corrected chi connectivity index (χ3v) is 10.6. The Labute approximate surface area is 328 Å². The highest BCUT2D eigenvalue weighted by Gasteiger charge is 2.08. The number of hydrogen-bond acceptors (Lipinski definition) is 0. The first-order valence-corrected chi connectivity index (χ1v) is 19.3. The van der Waals surface area contributed by atoms with Crippen LogP contribution in [0.25, 0.3) is 66.9 Å². The van der Waals surface area contributed by atoms with Crippen molar-refractivity contribution in [2.75, 3.05) is 0 Å². The highest BCUT2D eigenvalue weighted by Crippen LogP contribution is 2.26. The Morgan fingerprint density at radius 2 is 0.411 bits per heavy atom. The molecule has 4 heteroatoms. The van der Waals surface area contributed by atoms with E-state index in [2.05, 4.69) is 240 Å². The smallest absolute Gasteiger partial charge is 0.0482 e. The van der Waals surface area contributed by atoms with Crippen LogP contribution in [0.4, 0.5) is 0 Å². The summed E-state index contributed by atoms with van der Waals surface area (Å²) in [6.07, 6.45) is 0. The lowest BCUT2D eigenvalue weighted by molar-refractivity contribution is 1.12. The molecule has 0 aliphatic heterocycles. The van der Waals surface area contributed by atoms with Gasteiger partial charge in [0, 0.05) is 66.9 Å².